The number of nitrogens with one attached hydrogen (secondary N) is 5. The normalized spacial score (nSPS) is 10.9. The number of carbonyl (C=O) groups is 3. The molecule has 0 bridgehead atoms. The molecular weight excluding hydrogens is 1170 g/mol. The van der Waals surface area contributed by atoms with Gasteiger partial charge >= 0.3 is 12.4 Å². The van der Waals surface area contributed by atoms with Crippen LogP contribution >= 0.6 is 52.6 Å². The molecule has 0 aliphatic rings. The van der Waals surface area contributed by atoms with Crippen molar-refractivity contribution in [1.29, 1.82) is 0 Å². The van der Waals surface area contributed by atoms with Crippen LogP contribution in [0.15, 0.2) is 132 Å². The van der Waals surface area contributed by atoms with Crippen LogP contribution in [0.1, 0.15) is 86.7 Å². The van der Waals surface area contributed by atoms with Gasteiger partial charge in [0, 0.05) is 21.2 Å². The third-order valence-corrected chi connectivity index (χ3v) is 13.3. The lowest BCUT2D eigenvalue weighted by molar-refractivity contribution is -0.142. The number of carbonyl (C=O) groups excluding carboxylic acids is 3. The van der Waals surface area contributed by atoms with Gasteiger partial charge in [-0.15, -0.1) is 0 Å². The number of halogens is 7. The fourth-order valence-electron chi connectivity index (χ4n) is 7.96. The van der Waals surface area contributed by atoms with Crippen molar-refractivity contribution in [3.8, 4) is 22.6 Å². The number of amides is 3. The largest absolute Gasteiger partial charge is 0.506 e. The molecule has 7 rings (SSSR count). The van der Waals surface area contributed by atoms with Gasteiger partial charge in [0.05, 0.1) is 28.2 Å². The van der Waals surface area contributed by atoms with Crippen molar-refractivity contribution in [2.75, 3.05) is 15.7 Å². The molecule has 0 saturated heterocycles. The first-order chi connectivity index (χ1) is 37.3. The van der Waals surface area contributed by atoms with Crippen LogP contribution in [0.25, 0.3) is 11.1 Å². The summed E-state index contributed by atoms with van der Waals surface area (Å²) in [6.07, 6.45) is -10.2. The number of phenols is 2. The smallest absolute Gasteiger partial charge is 0.418 e. The molecule has 8 N–H and O–H groups in total. The van der Waals surface area contributed by atoms with Crippen molar-refractivity contribution in [1.82, 2.24) is 16.0 Å². The van der Waals surface area contributed by atoms with Crippen LogP contribution in [-0.2, 0) is 12.4 Å². The van der Waals surface area contributed by atoms with Crippen molar-refractivity contribution in [2.24, 2.45) is 0 Å². The van der Waals surface area contributed by atoms with Crippen LogP contribution in [0.2, 0.25) is 0 Å². The molecule has 12 nitrogen and oxygen atoms in total. The number of aromatic hydroxyl groups is 2. The molecule has 22 heteroatoms. The molecule has 0 spiro atoms. The second kappa shape index (κ2) is 26.9. The number of hydrogen-bond acceptors (Lipinski definition) is 9. The summed E-state index contributed by atoms with van der Waals surface area (Å²) < 4.78 is 78.8. The van der Waals surface area contributed by atoms with E-state index in [0.29, 0.717) is 34.6 Å². The Morgan fingerprint density at radius 2 is 0.963 bits per heavy atom. The lowest BCUT2D eigenvalue weighted by atomic mass is 10.0. The minimum absolute atomic E-state index is 0.0534. The number of hydrogen-bond donors (Lipinski definition) is 8. The highest BCUT2D eigenvalue weighted by molar-refractivity contribution is 9.10. The molecule has 418 valence electrons. The van der Waals surface area contributed by atoms with Crippen LogP contribution < -0.4 is 31.6 Å². The van der Waals surface area contributed by atoms with Crippen LogP contribution in [-0.4, -0.2) is 48.5 Å². The van der Waals surface area contributed by atoms with Gasteiger partial charge in [0.25, 0.3) is 17.7 Å². The monoisotopic (exact) mass is 1220 g/mol. The fourth-order valence-corrected chi connectivity index (χ4v) is 8.87. The minimum Gasteiger partial charge on any atom is -0.506 e. The zero-order chi connectivity index (χ0) is 59.6. The molecule has 3 amide bonds. The van der Waals surface area contributed by atoms with Crippen molar-refractivity contribution in [2.45, 2.75) is 67.7 Å². The van der Waals surface area contributed by atoms with Gasteiger partial charge in [-0.1, -0.05) is 104 Å². The number of nitrogens with zero attached hydrogens (tertiary/aromatic N) is 1. The van der Waals surface area contributed by atoms with Crippen molar-refractivity contribution < 1.29 is 56.1 Å². The highest BCUT2D eigenvalue weighted by atomic mass is 79.9. The highest BCUT2D eigenvalue weighted by Gasteiger charge is 2.40. The van der Waals surface area contributed by atoms with Gasteiger partial charge in [0.2, 0.25) is 5.11 Å². The van der Waals surface area contributed by atoms with Crippen molar-refractivity contribution >= 4 is 103 Å². The summed E-state index contributed by atoms with van der Waals surface area (Å²) in [6, 6.07) is 33.3. The predicted octanol–water partition coefficient (Wildman–Crippen LogP) is 14.6. The number of hydroxylamine groups is 1. The van der Waals surface area contributed by atoms with E-state index in [1.807, 2.05) is 90.1 Å². The average molecular weight is 1220 g/mol. The van der Waals surface area contributed by atoms with E-state index in [4.69, 9.17) is 36.7 Å². The standard InChI is InChI=1S/C22H20N2O2S.C18H19BrN2O2S.C18H14F6N2O2S/c1-14-10-15(2)12-18(11-14)21(26)24-22(27)23-19-13-17(8-9-20(19)25)16-6-4-3-5-7-16;1-9-5-10(2)7-13(6-9)17(23)21-18(24)20-16-12(4)15(19)11(3)8-14(16)22;1-9-5-10(2)7-11(6-9)15(27)25-16(29)26(28)14-4-3-12(17(19,20)21)8-13(14)18(22,23)24/h3-13,25H,1-2H3,(H2,23,24,26,27);5-8,22H,1-4H3,(H2,20,21,23,24);3-8,28H,1-2H3,(H,25,27,29). The van der Waals surface area contributed by atoms with Crippen LogP contribution in [0.4, 0.5) is 43.4 Å². The number of anilines is 3. The Morgan fingerprint density at radius 3 is 1.41 bits per heavy atom. The topological polar surface area (TPSA) is 175 Å². The van der Waals surface area contributed by atoms with E-state index in [1.54, 1.807) is 62.4 Å². The number of benzene rings is 7. The van der Waals surface area contributed by atoms with E-state index in [1.165, 1.54) is 12.1 Å². The first-order valence-electron chi connectivity index (χ1n) is 23.8. The Hall–Kier alpha value is -7.76. The van der Waals surface area contributed by atoms with Gasteiger partial charge in [-0.25, -0.2) is 0 Å². The molecule has 0 aromatic heterocycles. The summed E-state index contributed by atoms with van der Waals surface area (Å²) in [5.74, 6) is -1.25. The second-order valence-electron chi connectivity index (χ2n) is 18.4. The summed E-state index contributed by atoms with van der Waals surface area (Å²) in [6.45, 7) is 14.9. The lowest BCUT2D eigenvalue weighted by Crippen LogP contribution is -2.41. The van der Waals surface area contributed by atoms with E-state index >= 15 is 0 Å². The number of rotatable bonds is 7. The number of aryl methyl sites for hydroxylation is 7. The van der Waals surface area contributed by atoms with E-state index in [0.717, 1.165) is 60.1 Å². The number of thiocarbonyl (C=S) groups is 3. The summed E-state index contributed by atoms with van der Waals surface area (Å²) in [5, 5.41) is 42.6. The lowest BCUT2D eigenvalue weighted by Gasteiger charge is -2.23. The Bertz CT molecular complexity index is 3470. The number of phenolic OH excluding ortho intramolecular Hbond substituents is 2. The number of alkyl halides is 6. The highest BCUT2D eigenvalue weighted by Crippen LogP contribution is 2.41. The molecule has 7 aromatic carbocycles. The maximum atomic E-state index is 13.2. The summed E-state index contributed by atoms with van der Waals surface area (Å²) >= 11 is 18.7. The molecule has 0 aliphatic heterocycles. The van der Waals surface area contributed by atoms with Crippen molar-refractivity contribution in [3.63, 3.8) is 0 Å². The molecule has 0 radical (unpaired) electrons. The quantitative estimate of drug-likeness (QED) is 0.0329. The van der Waals surface area contributed by atoms with E-state index in [9.17, 15) is 56.1 Å². The summed E-state index contributed by atoms with van der Waals surface area (Å²) in [4.78, 5) is 37.0. The fraction of sp³-hybridized carbons (Fsp3) is 0.172. The summed E-state index contributed by atoms with van der Waals surface area (Å²) in [7, 11) is 0. The molecular formula is C58H53BrF6N6O6S3. The molecule has 80 heavy (non-hydrogen) atoms. The van der Waals surface area contributed by atoms with Gasteiger partial charge in [0.1, 0.15) is 11.5 Å². The van der Waals surface area contributed by atoms with E-state index in [2.05, 4.69) is 42.5 Å². The molecule has 7 aromatic rings. The maximum Gasteiger partial charge on any atom is 0.418 e. The SMILES string of the molecule is Cc1cc(C)cc(C(=O)NC(=S)N(O)c2ccc(C(F)(F)F)cc2C(F)(F)F)c1.Cc1cc(C)cc(C(=O)NC(=S)Nc2c(O)cc(C)c(Br)c2C)c1.Cc1cc(C)cc(C(=O)NC(=S)Nc2cc(-c3ccccc3)ccc2O)c1. The third kappa shape index (κ3) is 17.6. The molecule has 0 aliphatic carbocycles. The van der Waals surface area contributed by atoms with Gasteiger partial charge in [-0.05, 0) is 187 Å². The first-order valence-corrected chi connectivity index (χ1v) is 25.8. The molecule has 0 heterocycles. The Kier molecular flexibility index (Phi) is 21.2. The average Bonchev–Trinajstić information content (AvgIpc) is 3.38. The second-order valence-corrected chi connectivity index (χ2v) is 20.4. The predicted molar refractivity (Wildman–Crippen MR) is 315 cm³/mol. The Labute approximate surface area is 482 Å². The van der Waals surface area contributed by atoms with E-state index in [-0.39, 0.29) is 50.2 Å². The minimum atomic E-state index is -5.22. The molecule has 0 atom stereocenters. The Balaban J connectivity index is 0.000000221. The molecule has 0 unspecified atom stereocenters. The molecule has 0 saturated carbocycles. The summed E-state index contributed by atoms with van der Waals surface area (Å²) in [5.41, 5.74) is 6.95. The van der Waals surface area contributed by atoms with Crippen molar-refractivity contribution in [3.05, 3.63) is 204 Å². The van der Waals surface area contributed by atoms with Gasteiger partial charge < -0.3 is 20.8 Å². The first kappa shape index (κ1) is 63.1. The maximum absolute atomic E-state index is 13.2. The van der Waals surface area contributed by atoms with Crippen LogP contribution in [0, 0.1) is 55.4 Å². The van der Waals surface area contributed by atoms with Crippen LogP contribution in [0.3, 0.4) is 0 Å². The Morgan fingerprint density at radius 1 is 0.512 bits per heavy atom. The molecule has 0 fully saturated rings. The van der Waals surface area contributed by atoms with Crippen LogP contribution in [0.5, 0.6) is 11.5 Å². The zero-order valence-corrected chi connectivity index (χ0v) is 48.0. The third-order valence-electron chi connectivity index (χ3n) is 11.4. The van der Waals surface area contributed by atoms with E-state index < -0.39 is 40.2 Å². The van der Waals surface area contributed by atoms with Gasteiger partial charge in [-0.3, -0.25) is 35.5 Å². The zero-order valence-electron chi connectivity index (χ0n) is 44.0. The van der Waals surface area contributed by atoms with Gasteiger partial charge in [-0.2, -0.15) is 31.4 Å². The van der Waals surface area contributed by atoms with Gasteiger partial charge in [0.15, 0.2) is 10.2 Å².